The molecule has 6 heteroatoms. The van der Waals surface area contributed by atoms with Crippen LogP contribution in [0, 0.1) is 6.92 Å². The SMILES string of the molecule is CCCNCc1cc(S(=O)(=O)N(CC)C2CC2)c(C)o1. The molecule has 0 unspecified atom stereocenters. The Hall–Kier alpha value is -0.850. The summed E-state index contributed by atoms with van der Waals surface area (Å²) in [6.07, 6.45) is 2.97. The molecule has 1 heterocycles. The van der Waals surface area contributed by atoms with Gasteiger partial charge in [0, 0.05) is 18.7 Å². The lowest BCUT2D eigenvalue weighted by Crippen LogP contribution is -2.33. The van der Waals surface area contributed by atoms with E-state index in [1.807, 2.05) is 6.92 Å². The van der Waals surface area contributed by atoms with Gasteiger partial charge < -0.3 is 9.73 Å². The largest absolute Gasteiger partial charge is 0.464 e. The maximum absolute atomic E-state index is 12.7. The second kappa shape index (κ2) is 6.28. The number of rotatable bonds is 8. The van der Waals surface area contributed by atoms with Crippen LogP contribution in [0.2, 0.25) is 0 Å². The minimum absolute atomic E-state index is 0.181. The van der Waals surface area contributed by atoms with Crippen LogP contribution in [-0.2, 0) is 16.6 Å². The summed E-state index contributed by atoms with van der Waals surface area (Å²) >= 11 is 0. The van der Waals surface area contributed by atoms with E-state index >= 15 is 0 Å². The highest BCUT2D eigenvalue weighted by molar-refractivity contribution is 7.89. The third kappa shape index (κ3) is 3.24. The van der Waals surface area contributed by atoms with E-state index in [1.165, 1.54) is 0 Å². The summed E-state index contributed by atoms with van der Waals surface area (Å²) in [5.74, 6) is 1.17. The zero-order valence-electron chi connectivity index (χ0n) is 12.5. The number of nitrogens with one attached hydrogen (secondary N) is 1. The molecule has 0 radical (unpaired) electrons. The zero-order chi connectivity index (χ0) is 14.8. The van der Waals surface area contributed by atoms with Crippen molar-refractivity contribution in [1.29, 1.82) is 0 Å². The van der Waals surface area contributed by atoms with Gasteiger partial charge >= 0.3 is 0 Å². The molecule has 1 aromatic rings. The fraction of sp³-hybridized carbons (Fsp3) is 0.714. The van der Waals surface area contributed by atoms with Crippen molar-refractivity contribution in [2.45, 2.75) is 57.5 Å². The fourth-order valence-corrected chi connectivity index (χ4v) is 4.25. The molecular formula is C14H24N2O3S. The van der Waals surface area contributed by atoms with E-state index in [9.17, 15) is 8.42 Å². The van der Waals surface area contributed by atoms with Gasteiger partial charge in [0.15, 0.2) is 0 Å². The molecule has 0 aliphatic heterocycles. The first kappa shape index (κ1) is 15.5. The van der Waals surface area contributed by atoms with Crippen molar-refractivity contribution < 1.29 is 12.8 Å². The van der Waals surface area contributed by atoms with Gasteiger partial charge in [-0.25, -0.2) is 8.42 Å². The molecule has 5 nitrogen and oxygen atoms in total. The van der Waals surface area contributed by atoms with Gasteiger partial charge in [0.25, 0.3) is 0 Å². The third-order valence-electron chi connectivity index (χ3n) is 3.50. The van der Waals surface area contributed by atoms with E-state index in [0.29, 0.717) is 29.5 Å². The van der Waals surface area contributed by atoms with Gasteiger partial charge in [-0.15, -0.1) is 0 Å². The maximum Gasteiger partial charge on any atom is 0.246 e. The second-order valence-electron chi connectivity index (χ2n) is 5.25. The number of aryl methyl sites for hydroxylation is 1. The standard InChI is InChI=1S/C14H24N2O3S/c1-4-8-15-10-13-9-14(11(3)19-13)20(17,18)16(5-2)12-6-7-12/h9,12,15H,4-8,10H2,1-3H3. The Morgan fingerprint density at radius 3 is 2.65 bits per heavy atom. The van der Waals surface area contributed by atoms with Gasteiger partial charge in [-0.2, -0.15) is 4.31 Å². The summed E-state index contributed by atoms with van der Waals surface area (Å²) in [5, 5.41) is 3.22. The molecular weight excluding hydrogens is 276 g/mol. The summed E-state index contributed by atoms with van der Waals surface area (Å²) in [6, 6.07) is 1.85. The van der Waals surface area contributed by atoms with Crippen molar-refractivity contribution in [1.82, 2.24) is 9.62 Å². The van der Waals surface area contributed by atoms with Gasteiger partial charge in [0.05, 0.1) is 6.54 Å². The predicted molar refractivity (Wildman–Crippen MR) is 78.0 cm³/mol. The van der Waals surface area contributed by atoms with Crippen molar-refractivity contribution >= 4 is 10.0 Å². The second-order valence-corrected chi connectivity index (χ2v) is 7.11. The molecule has 0 spiro atoms. The highest BCUT2D eigenvalue weighted by Crippen LogP contribution is 2.33. The Labute approximate surface area is 121 Å². The van der Waals surface area contributed by atoms with Crippen LogP contribution >= 0.6 is 0 Å². The van der Waals surface area contributed by atoms with E-state index < -0.39 is 10.0 Å². The Morgan fingerprint density at radius 1 is 1.40 bits per heavy atom. The zero-order valence-corrected chi connectivity index (χ0v) is 13.3. The molecule has 1 N–H and O–H groups in total. The quantitative estimate of drug-likeness (QED) is 0.748. The van der Waals surface area contributed by atoms with Gasteiger partial charge in [-0.05, 0) is 32.7 Å². The van der Waals surface area contributed by atoms with Crippen molar-refractivity contribution in [2.24, 2.45) is 0 Å². The van der Waals surface area contributed by atoms with E-state index in [4.69, 9.17) is 4.42 Å². The summed E-state index contributed by atoms with van der Waals surface area (Å²) in [6.45, 7) is 7.67. The van der Waals surface area contributed by atoms with Crippen LogP contribution in [0.15, 0.2) is 15.4 Å². The third-order valence-corrected chi connectivity index (χ3v) is 5.64. The van der Waals surface area contributed by atoms with Gasteiger partial charge in [0.1, 0.15) is 16.4 Å². The van der Waals surface area contributed by atoms with E-state index in [1.54, 1.807) is 17.3 Å². The van der Waals surface area contributed by atoms with E-state index in [0.717, 1.165) is 25.8 Å². The minimum Gasteiger partial charge on any atom is -0.464 e. The Balaban J connectivity index is 2.18. The van der Waals surface area contributed by atoms with Crippen molar-refractivity contribution in [3.8, 4) is 0 Å². The number of hydrogen-bond acceptors (Lipinski definition) is 4. The number of furan rings is 1. The molecule has 0 atom stereocenters. The first-order valence-corrected chi connectivity index (χ1v) is 8.76. The lowest BCUT2D eigenvalue weighted by Gasteiger charge is -2.19. The highest BCUT2D eigenvalue weighted by Gasteiger charge is 2.38. The lowest BCUT2D eigenvalue weighted by atomic mass is 10.4. The molecule has 1 aromatic heterocycles. The molecule has 1 fully saturated rings. The first-order chi connectivity index (χ1) is 9.50. The number of sulfonamides is 1. The monoisotopic (exact) mass is 300 g/mol. The average Bonchev–Trinajstić information content (AvgIpc) is 3.13. The van der Waals surface area contributed by atoms with Crippen molar-refractivity contribution in [3.05, 3.63) is 17.6 Å². The van der Waals surface area contributed by atoms with Crippen LogP contribution in [0.3, 0.4) is 0 Å². The lowest BCUT2D eigenvalue weighted by molar-refractivity contribution is 0.417. The van der Waals surface area contributed by atoms with Gasteiger partial charge in [-0.3, -0.25) is 0 Å². The van der Waals surface area contributed by atoms with E-state index in [-0.39, 0.29) is 6.04 Å². The average molecular weight is 300 g/mol. The Kier molecular flexibility index (Phi) is 4.88. The summed E-state index contributed by atoms with van der Waals surface area (Å²) in [5.41, 5.74) is 0. The number of hydrogen-bond donors (Lipinski definition) is 1. The summed E-state index contributed by atoms with van der Waals surface area (Å²) in [4.78, 5) is 0.319. The molecule has 20 heavy (non-hydrogen) atoms. The van der Waals surface area contributed by atoms with Crippen LogP contribution in [0.5, 0.6) is 0 Å². The molecule has 0 aromatic carbocycles. The van der Waals surface area contributed by atoms with Crippen LogP contribution < -0.4 is 5.32 Å². The van der Waals surface area contributed by atoms with Crippen LogP contribution in [0.4, 0.5) is 0 Å². The highest BCUT2D eigenvalue weighted by atomic mass is 32.2. The summed E-state index contributed by atoms with van der Waals surface area (Å²) < 4.78 is 32.5. The Morgan fingerprint density at radius 2 is 2.10 bits per heavy atom. The summed E-state index contributed by atoms with van der Waals surface area (Å²) in [7, 11) is -3.42. The maximum atomic E-state index is 12.7. The van der Waals surface area contributed by atoms with E-state index in [2.05, 4.69) is 12.2 Å². The Bertz CT molecular complexity index is 547. The van der Waals surface area contributed by atoms with Crippen LogP contribution in [-0.4, -0.2) is 31.9 Å². The first-order valence-electron chi connectivity index (χ1n) is 7.32. The molecule has 2 rings (SSSR count). The molecule has 1 aliphatic rings. The molecule has 114 valence electrons. The normalized spacial score (nSPS) is 16.0. The molecule has 0 saturated heterocycles. The smallest absolute Gasteiger partial charge is 0.246 e. The number of nitrogens with zero attached hydrogens (tertiary/aromatic N) is 1. The van der Waals surface area contributed by atoms with Crippen molar-refractivity contribution in [3.63, 3.8) is 0 Å². The van der Waals surface area contributed by atoms with Crippen molar-refractivity contribution in [2.75, 3.05) is 13.1 Å². The molecule has 0 bridgehead atoms. The van der Waals surface area contributed by atoms with Crippen LogP contribution in [0.1, 0.15) is 44.6 Å². The van der Waals surface area contributed by atoms with Crippen LogP contribution in [0.25, 0.3) is 0 Å². The predicted octanol–water partition coefficient (Wildman–Crippen LogP) is 2.26. The molecule has 1 saturated carbocycles. The molecule has 1 aliphatic carbocycles. The van der Waals surface area contributed by atoms with Gasteiger partial charge in [-0.1, -0.05) is 13.8 Å². The van der Waals surface area contributed by atoms with Gasteiger partial charge in [0.2, 0.25) is 10.0 Å². The fourth-order valence-electron chi connectivity index (χ4n) is 2.37. The minimum atomic E-state index is -3.42. The molecule has 0 amide bonds. The topological polar surface area (TPSA) is 62.6 Å².